The van der Waals surface area contributed by atoms with Gasteiger partial charge >= 0.3 is 5.97 Å². The van der Waals surface area contributed by atoms with Crippen LogP contribution in [0.4, 0.5) is 0 Å². The predicted molar refractivity (Wildman–Crippen MR) is 108 cm³/mol. The topological polar surface area (TPSA) is 52.6 Å². The van der Waals surface area contributed by atoms with Gasteiger partial charge in [-0.25, -0.2) is 0 Å². The van der Waals surface area contributed by atoms with E-state index in [1.165, 1.54) is 6.92 Å². The molecule has 0 fully saturated rings. The maximum atomic E-state index is 13.0. The molecule has 0 heterocycles. The Bertz CT molecular complexity index is 857. The van der Waals surface area contributed by atoms with Crippen LogP contribution in [0.5, 0.6) is 5.75 Å². The maximum absolute atomic E-state index is 13.0. The quantitative estimate of drug-likeness (QED) is 0.340. The number of ether oxygens (including phenoxy) is 2. The first kappa shape index (κ1) is 21.0. The number of Topliss-reactive ketones (excluding diaryl/α,β-unsaturated/α-hetero) is 1. The van der Waals surface area contributed by atoms with Gasteiger partial charge in [-0.1, -0.05) is 29.3 Å². The van der Waals surface area contributed by atoms with Gasteiger partial charge in [-0.15, -0.1) is 0 Å². The number of carbonyl (C=O) groups is 2. The van der Waals surface area contributed by atoms with Crippen molar-refractivity contribution in [2.24, 2.45) is 0 Å². The highest BCUT2D eigenvalue weighted by atomic mass is 35.5. The SMILES string of the molecule is COc1ccc(C(=O)/C(=C/c2ccc(Cl)cc2Cl)CC(C)OC(C)=O)cc1. The molecule has 4 nitrogen and oxygen atoms in total. The van der Waals surface area contributed by atoms with E-state index >= 15 is 0 Å². The number of esters is 1. The molecule has 6 heteroatoms. The third-order valence-electron chi connectivity index (χ3n) is 3.81. The molecule has 0 amide bonds. The molecular weight excluding hydrogens is 387 g/mol. The largest absolute Gasteiger partial charge is 0.497 e. The molecule has 2 aromatic rings. The third kappa shape index (κ3) is 6.12. The zero-order valence-electron chi connectivity index (χ0n) is 15.3. The van der Waals surface area contributed by atoms with Crippen LogP contribution in [-0.4, -0.2) is 25.0 Å². The summed E-state index contributed by atoms with van der Waals surface area (Å²) >= 11 is 12.2. The number of benzene rings is 2. The van der Waals surface area contributed by atoms with Gasteiger partial charge in [0, 0.05) is 34.5 Å². The van der Waals surface area contributed by atoms with Crippen molar-refractivity contribution in [1.82, 2.24) is 0 Å². The van der Waals surface area contributed by atoms with Crippen LogP contribution in [-0.2, 0) is 9.53 Å². The van der Waals surface area contributed by atoms with Crippen LogP contribution in [0, 0.1) is 0 Å². The second kappa shape index (κ2) is 9.58. The summed E-state index contributed by atoms with van der Waals surface area (Å²) in [6.07, 6.45) is 1.50. The summed E-state index contributed by atoms with van der Waals surface area (Å²) in [5.41, 5.74) is 1.63. The standard InChI is InChI=1S/C21H20Cl2O4/c1-13(27-14(2)24)10-17(11-16-4-7-18(22)12-20(16)23)21(25)15-5-8-19(26-3)9-6-15/h4-9,11-13H,10H2,1-3H3/b17-11+. The van der Waals surface area contributed by atoms with Gasteiger partial charge in [0.1, 0.15) is 11.9 Å². The highest BCUT2D eigenvalue weighted by Gasteiger charge is 2.18. The second-order valence-electron chi connectivity index (χ2n) is 6.02. The summed E-state index contributed by atoms with van der Waals surface area (Å²) in [6.45, 7) is 3.07. The summed E-state index contributed by atoms with van der Waals surface area (Å²) in [6, 6.07) is 11.9. The van der Waals surface area contributed by atoms with E-state index in [0.29, 0.717) is 32.5 Å². The molecule has 0 aromatic heterocycles. The lowest BCUT2D eigenvalue weighted by Gasteiger charge is -2.15. The summed E-state index contributed by atoms with van der Waals surface area (Å²) in [7, 11) is 1.56. The molecule has 0 saturated carbocycles. The van der Waals surface area contributed by atoms with Gasteiger partial charge in [0.05, 0.1) is 7.11 Å². The maximum Gasteiger partial charge on any atom is 0.302 e. The van der Waals surface area contributed by atoms with E-state index in [1.54, 1.807) is 62.6 Å². The van der Waals surface area contributed by atoms with Gasteiger partial charge in [-0.2, -0.15) is 0 Å². The van der Waals surface area contributed by atoms with Gasteiger partial charge in [0.25, 0.3) is 0 Å². The zero-order chi connectivity index (χ0) is 20.0. The van der Waals surface area contributed by atoms with Crippen LogP contribution in [0.2, 0.25) is 10.0 Å². The van der Waals surface area contributed by atoms with Crippen molar-refractivity contribution >= 4 is 41.0 Å². The Balaban J connectivity index is 2.39. The van der Waals surface area contributed by atoms with Crippen molar-refractivity contribution in [3.05, 3.63) is 69.2 Å². The highest BCUT2D eigenvalue weighted by molar-refractivity contribution is 6.35. The molecule has 0 aliphatic rings. The van der Waals surface area contributed by atoms with Crippen LogP contribution < -0.4 is 4.74 Å². The molecule has 142 valence electrons. The molecule has 27 heavy (non-hydrogen) atoms. The lowest BCUT2D eigenvalue weighted by atomic mass is 9.96. The van der Waals surface area contributed by atoms with E-state index in [-0.39, 0.29) is 12.2 Å². The van der Waals surface area contributed by atoms with Crippen molar-refractivity contribution in [2.45, 2.75) is 26.4 Å². The Morgan fingerprint density at radius 1 is 1.11 bits per heavy atom. The predicted octanol–water partition coefficient (Wildman–Crippen LogP) is 5.61. The average molecular weight is 407 g/mol. The van der Waals surface area contributed by atoms with Crippen LogP contribution in [0.25, 0.3) is 6.08 Å². The first-order chi connectivity index (χ1) is 12.8. The van der Waals surface area contributed by atoms with Crippen LogP contribution in [0.1, 0.15) is 36.2 Å². The Kier molecular flexibility index (Phi) is 7.45. The molecule has 0 spiro atoms. The van der Waals surface area contributed by atoms with Gasteiger partial charge in [0.15, 0.2) is 5.78 Å². The van der Waals surface area contributed by atoms with Gasteiger partial charge < -0.3 is 9.47 Å². The van der Waals surface area contributed by atoms with Gasteiger partial charge in [0.2, 0.25) is 0 Å². The van der Waals surface area contributed by atoms with Gasteiger partial charge in [-0.05, 0) is 55.0 Å². The number of hydrogen-bond donors (Lipinski definition) is 0. The number of methoxy groups -OCH3 is 1. The second-order valence-corrected chi connectivity index (χ2v) is 6.86. The first-order valence-corrected chi connectivity index (χ1v) is 9.07. The molecule has 0 aliphatic carbocycles. The minimum Gasteiger partial charge on any atom is -0.497 e. The van der Waals surface area contributed by atoms with E-state index in [2.05, 4.69) is 0 Å². The number of rotatable bonds is 7. The average Bonchev–Trinajstić information content (AvgIpc) is 2.62. The summed E-state index contributed by atoms with van der Waals surface area (Å²) in [5, 5.41) is 0.941. The molecule has 2 aromatic carbocycles. The number of carbonyl (C=O) groups excluding carboxylic acids is 2. The Hall–Kier alpha value is -2.30. The van der Waals surface area contributed by atoms with E-state index in [9.17, 15) is 9.59 Å². The zero-order valence-corrected chi connectivity index (χ0v) is 16.8. The number of ketones is 1. The van der Waals surface area contributed by atoms with Crippen molar-refractivity contribution in [3.8, 4) is 5.75 Å². The fourth-order valence-electron chi connectivity index (χ4n) is 2.59. The van der Waals surface area contributed by atoms with E-state index in [1.807, 2.05) is 0 Å². The van der Waals surface area contributed by atoms with Crippen LogP contribution in [0.3, 0.4) is 0 Å². The molecule has 2 rings (SSSR count). The Morgan fingerprint density at radius 2 is 1.78 bits per heavy atom. The van der Waals surface area contributed by atoms with E-state index in [0.717, 1.165) is 0 Å². The number of hydrogen-bond acceptors (Lipinski definition) is 4. The highest BCUT2D eigenvalue weighted by Crippen LogP contribution is 2.26. The van der Waals surface area contributed by atoms with E-state index in [4.69, 9.17) is 32.7 Å². The van der Waals surface area contributed by atoms with Crippen molar-refractivity contribution in [2.75, 3.05) is 7.11 Å². The Morgan fingerprint density at radius 3 is 2.33 bits per heavy atom. The van der Waals surface area contributed by atoms with Crippen LogP contribution in [0.15, 0.2) is 48.0 Å². The summed E-state index contributed by atoms with van der Waals surface area (Å²) in [5.74, 6) is 0.0806. The fourth-order valence-corrected chi connectivity index (χ4v) is 3.05. The molecule has 0 aliphatic heterocycles. The molecule has 0 radical (unpaired) electrons. The minimum absolute atomic E-state index is 0.178. The van der Waals surface area contributed by atoms with E-state index < -0.39 is 12.1 Å². The van der Waals surface area contributed by atoms with Crippen molar-refractivity contribution in [1.29, 1.82) is 0 Å². The molecule has 1 atom stereocenters. The molecule has 0 saturated heterocycles. The molecule has 1 unspecified atom stereocenters. The molecule has 0 N–H and O–H groups in total. The lowest BCUT2D eigenvalue weighted by molar-refractivity contribution is -0.145. The monoisotopic (exact) mass is 406 g/mol. The number of halogens is 2. The lowest BCUT2D eigenvalue weighted by Crippen LogP contribution is -2.16. The Labute approximate surface area is 168 Å². The first-order valence-electron chi connectivity index (χ1n) is 8.31. The molecule has 0 bridgehead atoms. The fraction of sp³-hybridized carbons (Fsp3) is 0.238. The van der Waals surface area contributed by atoms with Gasteiger partial charge in [-0.3, -0.25) is 9.59 Å². The molecular formula is C21H20Cl2O4. The smallest absolute Gasteiger partial charge is 0.302 e. The van der Waals surface area contributed by atoms with Crippen molar-refractivity contribution < 1.29 is 19.1 Å². The third-order valence-corrected chi connectivity index (χ3v) is 4.37. The van der Waals surface area contributed by atoms with Crippen molar-refractivity contribution in [3.63, 3.8) is 0 Å². The summed E-state index contributed by atoms with van der Waals surface area (Å²) < 4.78 is 10.3. The summed E-state index contributed by atoms with van der Waals surface area (Å²) in [4.78, 5) is 24.2. The normalized spacial score (nSPS) is 12.4. The minimum atomic E-state index is -0.456. The van der Waals surface area contributed by atoms with Crippen LogP contribution >= 0.6 is 23.2 Å².